The van der Waals surface area contributed by atoms with E-state index in [-0.39, 0.29) is 12.2 Å². The fourth-order valence-corrected chi connectivity index (χ4v) is 5.29. The van der Waals surface area contributed by atoms with Crippen molar-refractivity contribution >= 4 is 62.1 Å². The first kappa shape index (κ1) is 22.0. The van der Waals surface area contributed by atoms with E-state index in [4.69, 9.17) is 16.3 Å². The van der Waals surface area contributed by atoms with Gasteiger partial charge in [0, 0.05) is 5.39 Å². The minimum Gasteiger partial charge on any atom is -0.462 e. The SMILES string of the molecule is CCOC(=O)c1sc(NC(=O)c2cc(-c3ccc(Cl)s3)nc3ccccc23)c(C#N)c1C. The van der Waals surface area contributed by atoms with Gasteiger partial charge >= 0.3 is 5.97 Å². The summed E-state index contributed by atoms with van der Waals surface area (Å²) >= 11 is 8.48. The van der Waals surface area contributed by atoms with Crippen LogP contribution in [-0.4, -0.2) is 23.5 Å². The van der Waals surface area contributed by atoms with Crippen molar-refractivity contribution in [1.29, 1.82) is 5.26 Å². The van der Waals surface area contributed by atoms with Crippen LogP contribution in [-0.2, 0) is 4.74 Å². The number of amides is 1. The van der Waals surface area contributed by atoms with E-state index < -0.39 is 11.9 Å². The number of rotatable bonds is 5. The number of fused-ring (bicyclic) bond motifs is 1. The van der Waals surface area contributed by atoms with Crippen LogP contribution in [0.25, 0.3) is 21.5 Å². The number of nitrogens with zero attached hydrogens (tertiary/aromatic N) is 2. The second-order valence-electron chi connectivity index (χ2n) is 6.72. The highest BCUT2D eigenvalue weighted by molar-refractivity contribution is 7.19. The molecule has 0 aliphatic rings. The topological polar surface area (TPSA) is 92.1 Å². The molecule has 0 aliphatic carbocycles. The van der Waals surface area contributed by atoms with E-state index in [1.165, 1.54) is 11.3 Å². The number of pyridine rings is 1. The number of nitrogens with one attached hydrogen (secondary N) is 1. The van der Waals surface area contributed by atoms with E-state index in [2.05, 4.69) is 16.4 Å². The highest BCUT2D eigenvalue weighted by atomic mass is 35.5. The third-order valence-electron chi connectivity index (χ3n) is 4.73. The number of anilines is 1. The van der Waals surface area contributed by atoms with Gasteiger partial charge in [-0.05, 0) is 43.7 Å². The third kappa shape index (κ3) is 4.10. The third-order valence-corrected chi connectivity index (χ3v) is 7.17. The molecule has 160 valence electrons. The Morgan fingerprint density at radius 3 is 2.69 bits per heavy atom. The van der Waals surface area contributed by atoms with Crippen LogP contribution in [0.5, 0.6) is 0 Å². The quantitative estimate of drug-likeness (QED) is 0.338. The van der Waals surface area contributed by atoms with Crippen molar-refractivity contribution in [2.75, 3.05) is 11.9 Å². The molecule has 0 bridgehead atoms. The zero-order valence-corrected chi connectivity index (χ0v) is 19.5. The molecule has 0 radical (unpaired) electrons. The second kappa shape index (κ2) is 9.09. The molecule has 0 fully saturated rings. The molecule has 1 aromatic carbocycles. The molecule has 32 heavy (non-hydrogen) atoms. The second-order valence-corrected chi connectivity index (χ2v) is 9.46. The Morgan fingerprint density at radius 1 is 1.22 bits per heavy atom. The first-order chi connectivity index (χ1) is 15.4. The van der Waals surface area contributed by atoms with Gasteiger partial charge in [0.1, 0.15) is 15.9 Å². The predicted molar refractivity (Wildman–Crippen MR) is 128 cm³/mol. The first-order valence-electron chi connectivity index (χ1n) is 9.60. The van der Waals surface area contributed by atoms with E-state index in [1.54, 1.807) is 26.0 Å². The number of halogens is 1. The van der Waals surface area contributed by atoms with Crippen LogP contribution in [0, 0.1) is 18.3 Å². The number of para-hydroxylation sites is 1. The first-order valence-corrected chi connectivity index (χ1v) is 11.6. The highest BCUT2D eigenvalue weighted by Gasteiger charge is 2.23. The molecular weight excluding hydrogens is 466 g/mol. The Kier molecular flexibility index (Phi) is 6.24. The minimum absolute atomic E-state index is 0.221. The van der Waals surface area contributed by atoms with E-state index in [1.807, 2.05) is 30.3 Å². The molecule has 1 N–H and O–H groups in total. The van der Waals surface area contributed by atoms with Gasteiger partial charge in [-0.3, -0.25) is 4.79 Å². The van der Waals surface area contributed by atoms with E-state index in [9.17, 15) is 14.9 Å². The lowest BCUT2D eigenvalue weighted by atomic mass is 10.1. The van der Waals surface area contributed by atoms with Gasteiger partial charge in [0.15, 0.2) is 0 Å². The maximum atomic E-state index is 13.3. The van der Waals surface area contributed by atoms with Crippen LogP contribution >= 0.6 is 34.3 Å². The fraction of sp³-hybridized carbons (Fsp3) is 0.130. The van der Waals surface area contributed by atoms with E-state index >= 15 is 0 Å². The van der Waals surface area contributed by atoms with Crippen LogP contribution < -0.4 is 5.32 Å². The molecule has 3 aromatic heterocycles. The number of hydrogen-bond donors (Lipinski definition) is 1. The molecule has 4 rings (SSSR count). The van der Waals surface area contributed by atoms with Crippen molar-refractivity contribution in [3.63, 3.8) is 0 Å². The summed E-state index contributed by atoms with van der Waals surface area (Å²) in [6.07, 6.45) is 0. The van der Waals surface area contributed by atoms with E-state index in [0.29, 0.717) is 41.9 Å². The van der Waals surface area contributed by atoms with Crippen LogP contribution in [0.1, 0.15) is 38.1 Å². The summed E-state index contributed by atoms with van der Waals surface area (Å²) in [4.78, 5) is 31.4. The molecule has 0 saturated carbocycles. The van der Waals surface area contributed by atoms with Gasteiger partial charge in [-0.15, -0.1) is 22.7 Å². The summed E-state index contributed by atoms with van der Waals surface area (Å²) in [5, 5.41) is 13.4. The highest BCUT2D eigenvalue weighted by Crippen LogP contribution is 2.35. The summed E-state index contributed by atoms with van der Waals surface area (Å²) in [6, 6.07) is 14.8. The maximum Gasteiger partial charge on any atom is 0.348 e. The molecule has 6 nitrogen and oxygen atoms in total. The summed E-state index contributed by atoms with van der Waals surface area (Å²) in [6.45, 7) is 3.59. The standard InChI is InChI=1S/C23H16ClN3O3S2/c1-3-30-23(29)20-12(2)15(11-25)22(32-20)27-21(28)14-10-17(18-8-9-19(24)31-18)26-16-7-5-4-6-13(14)16/h4-10H,3H2,1-2H3,(H,27,28). The summed E-state index contributed by atoms with van der Waals surface area (Å²) < 4.78 is 5.69. The fourth-order valence-electron chi connectivity index (χ4n) is 3.24. The van der Waals surface area contributed by atoms with Gasteiger partial charge in [0.2, 0.25) is 0 Å². The lowest BCUT2D eigenvalue weighted by Gasteiger charge is -2.09. The predicted octanol–water partition coefficient (Wildman–Crippen LogP) is 6.29. The van der Waals surface area contributed by atoms with Crippen molar-refractivity contribution in [3.05, 3.63) is 68.4 Å². The number of aromatic nitrogens is 1. The van der Waals surface area contributed by atoms with Crippen molar-refractivity contribution in [3.8, 4) is 16.6 Å². The minimum atomic E-state index is -0.516. The van der Waals surface area contributed by atoms with Gasteiger partial charge in [-0.2, -0.15) is 5.26 Å². The Balaban J connectivity index is 1.77. The van der Waals surface area contributed by atoms with Crippen LogP contribution in [0.3, 0.4) is 0 Å². The average molecular weight is 482 g/mol. The lowest BCUT2D eigenvalue weighted by molar-refractivity contribution is 0.0531. The number of carbonyl (C=O) groups is 2. The van der Waals surface area contributed by atoms with Gasteiger partial charge in [0.05, 0.1) is 38.2 Å². The van der Waals surface area contributed by atoms with E-state index in [0.717, 1.165) is 16.2 Å². The molecule has 9 heteroatoms. The molecule has 4 aromatic rings. The number of nitriles is 1. The smallest absolute Gasteiger partial charge is 0.348 e. The van der Waals surface area contributed by atoms with Crippen molar-refractivity contribution < 1.29 is 14.3 Å². The zero-order chi connectivity index (χ0) is 22.8. The average Bonchev–Trinajstić information content (AvgIpc) is 3.35. The molecule has 0 saturated heterocycles. The van der Waals surface area contributed by atoms with Crippen LogP contribution in [0.4, 0.5) is 5.00 Å². The monoisotopic (exact) mass is 481 g/mol. The van der Waals surface area contributed by atoms with Crippen LogP contribution in [0.15, 0.2) is 42.5 Å². The maximum absolute atomic E-state index is 13.3. The molecule has 0 atom stereocenters. The van der Waals surface area contributed by atoms with Crippen molar-refractivity contribution in [2.24, 2.45) is 0 Å². The largest absolute Gasteiger partial charge is 0.462 e. The molecule has 0 spiro atoms. The summed E-state index contributed by atoms with van der Waals surface area (Å²) in [5.41, 5.74) is 2.42. The number of carbonyl (C=O) groups excluding carboxylic acids is 2. The molecule has 3 heterocycles. The number of ether oxygens (including phenoxy) is 1. The number of esters is 1. The molecular formula is C23H16ClN3O3S2. The van der Waals surface area contributed by atoms with Gasteiger partial charge in [-0.1, -0.05) is 29.8 Å². The van der Waals surface area contributed by atoms with Crippen LogP contribution in [0.2, 0.25) is 4.34 Å². The summed E-state index contributed by atoms with van der Waals surface area (Å²) in [7, 11) is 0. The number of thiophene rings is 2. The molecule has 1 amide bonds. The molecule has 0 aliphatic heterocycles. The van der Waals surface area contributed by atoms with Gasteiger partial charge in [0.25, 0.3) is 5.91 Å². The zero-order valence-electron chi connectivity index (χ0n) is 17.1. The van der Waals surface area contributed by atoms with Crippen molar-refractivity contribution in [2.45, 2.75) is 13.8 Å². The Morgan fingerprint density at radius 2 is 2.00 bits per heavy atom. The Hall–Kier alpha value is -3.25. The normalized spacial score (nSPS) is 10.7. The number of hydrogen-bond acceptors (Lipinski definition) is 7. The number of benzene rings is 1. The van der Waals surface area contributed by atoms with Gasteiger partial charge in [-0.25, -0.2) is 9.78 Å². The van der Waals surface area contributed by atoms with Gasteiger partial charge < -0.3 is 10.1 Å². The lowest BCUT2D eigenvalue weighted by Crippen LogP contribution is -2.13. The molecule has 0 unspecified atom stereocenters. The summed E-state index contributed by atoms with van der Waals surface area (Å²) in [5.74, 6) is -0.918. The Labute approximate surface area is 197 Å². The van der Waals surface area contributed by atoms with Crippen molar-refractivity contribution in [1.82, 2.24) is 4.98 Å². The Bertz CT molecular complexity index is 1400.